The number of hydrogen-bond donors (Lipinski definition) is 0. The quantitative estimate of drug-likeness (QED) is 0.505. The normalized spacial score (nSPS) is 21.8. The predicted molar refractivity (Wildman–Crippen MR) is 108 cm³/mol. The van der Waals surface area contributed by atoms with E-state index in [-0.39, 0.29) is 6.10 Å². The smallest absolute Gasteiger partial charge is 0.225 e. The second-order valence-electron chi connectivity index (χ2n) is 7.07. The SMILES string of the molecule is CCCc1nc(COCC2COC(Cn3cncn3)(c3cccs3)O2)cn1CC. The van der Waals surface area contributed by atoms with Crippen molar-refractivity contribution >= 4 is 11.3 Å². The van der Waals surface area contributed by atoms with Crippen LogP contribution in [-0.4, -0.2) is 43.6 Å². The molecule has 29 heavy (non-hydrogen) atoms. The number of aromatic nitrogens is 5. The van der Waals surface area contributed by atoms with Crippen molar-refractivity contribution in [3.8, 4) is 0 Å². The van der Waals surface area contributed by atoms with Gasteiger partial charge in [-0.25, -0.2) is 14.6 Å². The van der Waals surface area contributed by atoms with E-state index < -0.39 is 5.79 Å². The van der Waals surface area contributed by atoms with Gasteiger partial charge >= 0.3 is 0 Å². The summed E-state index contributed by atoms with van der Waals surface area (Å²) in [5.74, 6) is 0.271. The Morgan fingerprint density at radius 3 is 3.03 bits per heavy atom. The first-order valence-corrected chi connectivity index (χ1v) is 10.9. The lowest BCUT2D eigenvalue weighted by atomic mass is 10.2. The van der Waals surface area contributed by atoms with Crippen molar-refractivity contribution in [2.75, 3.05) is 13.2 Å². The van der Waals surface area contributed by atoms with Gasteiger partial charge in [0.1, 0.15) is 31.1 Å². The van der Waals surface area contributed by atoms with Crippen LogP contribution in [0.4, 0.5) is 0 Å². The van der Waals surface area contributed by atoms with E-state index in [9.17, 15) is 0 Å². The Bertz CT molecular complexity index is 880. The van der Waals surface area contributed by atoms with Gasteiger partial charge in [-0.1, -0.05) is 13.0 Å². The van der Waals surface area contributed by atoms with Crippen molar-refractivity contribution in [2.45, 2.75) is 58.3 Å². The molecule has 1 aliphatic heterocycles. The summed E-state index contributed by atoms with van der Waals surface area (Å²) in [6, 6.07) is 4.02. The third kappa shape index (κ3) is 4.58. The molecule has 0 bridgehead atoms. The van der Waals surface area contributed by atoms with Crippen LogP contribution < -0.4 is 0 Å². The molecule has 156 valence electrons. The van der Waals surface area contributed by atoms with E-state index in [0.717, 1.165) is 35.8 Å². The molecule has 0 saturated carbocycles. The van der Waals surface area contributed by atoms with Gasteiger partial charge in [0.15, 0.2) is 0 Å². The third-order valence-electron chi connectivity index (χ3n) is 4.87. The molecule has 3 aromatic heterocycles. The first-order chi connectivity index (χ1) is 14.2. The fourth-order valence-corrected chi connectivity index (χ4v) is 4.35. The van der Waals surface area contributed by atoms with E-state index in [0.29, 0.717) is 26.4 Å². The summed E-state index contributed by atoms with van der Waals surface area (Å²) in [4.78, 5) is 9.74. The van der Waals surface area contributed by atoms with Gasteiger partial charge in [-0.2, -0.15) is 5.10 Å². The zero-order valence-electron chi connectivity index (χ0n) is 16.9. The van der Waals surface area contributed by atoms with Gasteiger partial charge in [-0.15, -0.1) is 11.3 Å². The van der Waals surface area contributed by atoms with Gasteiger partial charge in [0.2, 0.25) is 5.79 Å². The lowest BCUT2D eigenvalue weighted by molar-refractivity contribution is -0.191. The average Bonchev–Trinajstić information content (AvgIpc) is 3.51. The van der Waals surface area contributed by atoms with E-state index in [4.69, 9.17) is 19.2 Å². The number of rotatable bonds is 10. The molecule has 2 unspecified atom stereocenters. The highest BCUT2D eigenvalue weighted by atomic mass is 32.1. The number of nitrogens with zero attached hydrogens (tertiary/aromatic N) is 5. The molecule has 4 heterocycles. The van der Waals surface area contributed by atoms with Gasteiger partial charge in [-0.3, -0.25) is 0 Å². The van der Waals surface area contributed by atoms with Gasteiger partial charge < -0.3 is 18.8 Å². The van der Waals surface area contributed by atoms with Gasteiger partial charge in [0.25, 0.3) is 0 Å². The lowest BCUT2D eigenvalue weighted by Crippen LogP contribution is -2.33. The third-order valence-corrected chi connectivity index (χ3v) is 5.86. The molecule has 0 aliphatic carbocycles. The Morgan fingerprint density at radius 1 is 1.38 bits per heavy atom. The van der Waals surface area contributed by atoms with E-state index in [1.165, 1.54) is 6.33 Å². The molecule has 3 aromatic rings. The molecular weight excluding hydrogens is 390 g/mol. The van der Waals surface area contributed by atoms with Gasteiger partial charge in [0, 0.05) is 19.2 Å². The number of thiophene rings is 1. The molecule has 2 atom stereocenters. The minimum atomic E-state index is -0.853. The molecule has 9 heteroatoms. The minimum Gasteiger partial charge on any atom is -0.372 e. The summed E-state index contributed by atoms with van der Waals surface area (Å²) in [5.41, 5.74) is 0.960. The summed E-state index contributed by atoms with van der Waals surface area (Å²) >= 11 is 1.61. The summed E-state index contributed by atoms with van der Waals surface area (Å²) in [6.07, 6.45) is 7.19. The van der Waals surface area contributed by atoms with Crippen LogP contribution in [0.1, 0.15) is 36.7 Å². The fraction of sp³-hybridized carbons (Fsp3) is 0.550. The number of ether oxygens (including phenoxy) is 3. The molecular formula is C20H27N5O3S. The lowest BCUT2D eigenvalue weighted by Gasteiger charge is -2.26. The second kappa shape index (κ2) is 9.17. The maximum absolute atomic E-state index is 6.34. The van der Waals surface area contributed by atoms with Crippen LogP contribution in [0, 0.1) is 0 Å². The summed E-state index contributed by atoms with van der Waals surface area (Å²) in [7, 11) is 0. The van der Waals surface area contributed by atoms with Crippen LogP contribution in [-0.2, 0) is 46.1 Å². The zero-order chi connectivity index (χ0) is 20.1. The van der Waals surface area contributed by atoms with Crippen molar-refractivity contribution in [3.63, 3.8) is 0 Å². The number of aryl methyl sites for hydroxylation is 2. The molecule has 0 spiro atoms. The maximum atomic E-state index is 6.34. The van der Waals surface area contributed by atoms with Crippen LogP contribution in [0.2, 0.25) is 0 Å². The topological polar surface area (TPSA) is 76.2 Å². The summed E-state index contributed by atoms with van der Waals surface area (Å²) < 4.78 is 22.3. The van der Waals surface area contributed by atoms with Gasteiger partial charge in [-0.05, 0) is 24.8 Å². The standard InChI is InChI=1S/C20H27N5O3S/c1-3-6-19-23-16(9-24(19)4-2)10-26-11-17-12-27-20(28-17,18-7-5-8-29-18)13-25-15-21-14-22-25/h5,7-9,14-15,17H,3-4,6,10-13H2,1-2H3. The van der Waals surface area contributed by atoms with E-state index in [1.54, 1.807) is 22.3 Å². The second-order valence-corrected chi connectivity index (χ2v) is 8.02. The Hall–Kier alpha value is -2.07. The van der Waals surface area contributed by atoms with Crippen LogP contribution >= 0.6 is 11.3 Å². The van der Waals surface area contributed by atoms with Crippen molar-refractivity contribution in [3.05, 3.63) is 52.8 Å². The number of hydrogen-bond acceptors (Lipinski definition) is 7. The first-order valence-electron chi connectivity index (χ1n) is 10.0. The monoisotopic (exact) mass is 417 g/mol. The molecule has 0 aromatic carbocycles. The van der Waals surface area contributed by atoms with Crippen molar-refractivity contribution < 1.29 is 14.2 Å². The minimum absolute atomic E-state index is 0.149. The first kappa shape index (κ1) is 20.2. The molecule has 8 nitrogen and oxygen atoms in total. The van der Waals surface area contributed by atoms with Crippen molar-refractivity contribution in [1.29, 1.82) is 0 Å². The fourth-order valence-electron chi connectivity index (χ4n) is 3.53. The van der Waals surface area contributed by atoms with Crippen LogP contribution in [0.25, 0.3) is 0 Å². The Balaban J connectivity index is 1.36. The van der Waals surface area contributed by atoms with Crippen LogP contribution in [0.5, 0.6) is 0 Å². The molecule has 4 rings (SSSR count). The van der Waals surface area contributed by atoms with Crippen molar-refractivity contribution in [1.82, 2.24) is 24.3 Å². The highest BCUT2D eigenvalue weighted by Crippen LogP contribution is 2.38. The zero-order valence-corrected chi connectivity index (χ0v) is 17.7. The number of imidazole rings is 1. The van der Waals surface area contributed by atoms with Gasteiger partial charge in [0.05, 0.1) is 30.4 Å². The molecule has 1 saturated heterocycles. The van der Waals surface area contributed by atoms with Crippen molar-refractivity contribution in [2.24, 2.45) is 0 Å². The average molecular weight is 418 g/mol. The van der Waals surface area contributed by atoms with E-state index >= 15 is 0 Å². The van der Waals surface area contributed by atoms with E-state index in [1.807, 2.05) is 17.5 Å². The highest BCUT2D eigenvalue weighted by Gasteiger charge is 2.45. The molecule has 0 N–H and O–H groups in total. The Labute approximate surface area is 174 Å². The Morgan fingerprint density at radius 2 is 2.31 bits per heavy atom. The van der Waals surface area contributed by atoms with Crippen LogP contribution in [0.3, 0.4) is 0 Å². The molecule has 1 fully saturated rings. The summed E-state index contributed by atoms with van der Waals surface area (Å²) in [5, 5.41) is 6.22. The van der Waals surface area contributed by atoms with Crippen LogP contribution in [0.15, 0.2) is 36.4 Å². The molecule has 0 radical (unpaired) electrons. The predicted octanol–water partition coefficient (Wildman–Crippen LogP) is 2.99. The molecule has 1 aliphatic rings. The van der Waals surface area contributed by atoms with E-state index in [2.05, 4.69) is 34.7 Å². The largest absolute Gasteiger partial charge is 0.372 e. The molecule has 0 amide bonds. The maximum Gasteiger partial charge on any atom is 0.225 e. The Kier molecular flexibility index (Phi) is 6.39. The highest BCUT2D eigenvalue weighted by molar-refractivity contribution is 7.10. The summed E-state index contributed by atoms with van der Waals surface area (Å²) in [6.45, 7) is 7.07.